The first-order valence-electron chi connectivity index (χ1n) is 9.17. The van der Waals surface area contributed by atoms with Crippen molar-refractivity contribution >= 4 is 34.8 Å². The number of amides is 2. The van der Waals surface area contributed by atoms with Gasteiger partial charge in [0.15, 0.2) is 0 Å². The van der Waals surface area contributed by atoms with E-state index < -0.39 is 23.4 Å². The van der Waals surface area contributed by atoms with Crippen molar-refractivity contribution in [3.63, 3.8) is 0 Å². The van der Waals surface area contributed by atoms with E-state index >= 15 is 0 Å². The number of rotatable bonds is 5. The third-order valence-electron chi connectivity index (χ3n) is 4.93. The third-order valence-corrected chi connectivity index (χ3v) is 6.02. The smallest absolute Gasteiger partial charge is 0.272 e. The van der Waals surface area contributed by atoms with E-state index in [4.69, 9.17) is 4.42 Å². The number of benzene rings is 2. The number of carbonyl (C=O) groups excluding carboxylic acids is 2. The van der Waals surface area contributed by atoms with Crippen molar-refractivity contribution in [1.29, 1.82) is 0 Å². The van der Waals surface area contributed by atoms with Gasteiger partial charge in [-0.25, -0.2) is 13.7 Å². The first-order chi connectivity index (χ1) is 14.4. The fourth-order valence-electron chi connectivity index (χ4n) is 3.21. The van der Waals surface area contributed by atoms with Crippen molar-refractivity contribution < 1.29 is 22.8 Å². The Hall–Kier alpha value is -3.19. The fraction of sp³-hybridized carbons (Fsp3) is 0.130. The second kappa shape index (κ2) is 7.91. The van der Waals surface area contributed by atoms with E-state index in [1.807, 2.05) is 26.0 Å². The Morgan fingerprint density at radius 3 is 2.43 bits per heavy atom. The van der Waals surface area contributed by atoms with E-state index in [1.54, 1.807) is 18.2 Å². The number of imide groups is 1. The molecule has 0 unspecified atom stereocenters. The first kappa shape index (κ1) is 20.1. The molecule has 2 aromatic carbocycles. The van der Waals surface area contributed by atoms with Crippen molar-refractivity contribution in [2.24, 2.45) is 0 Å². The van der Waals surface area contributed by atoms with E-state index in [0.29, 0.717) is 23.1 Å². The fourth-order valence-corrected chi connectivity index (χ4v) is 4.23. The highest BCUT2D eigenvalue weighted by molar-refractivity contribution is 8.03. The quantitative estimate of drug-likeness (QED) is 0.514. The predicted octanol–water partition coefficient (Wildman–Crippen LogP) is 5.39. The number of thioether (sulfide) groups is 1. The zero-order valence-electron chi connectivity index (χ0n) is 16.2. The molecule has 0 fully saturated rings. The maximum Gasteiger partial charge on any atom is 0.272 e. The highest BCUT2D eigenvalue weighted by atomic mass is 32.2. The Balaban J connectivity index is 1.80. The van der Waals surface area contributed by atoms with Crippen molar-refractivity contribution in [1.82, 2.24) is 0 Å². The van der Waals surface area contributed by atoms with Crippen LogP contribution in [0.5, 0.6) is 0 Å². The molecule has 152 valence electrons. The molecule has 0 saturated heterocycles. The summed E-state index contributed by atoms with van der Waals surface area (Å²) in [5, 5.41) is 0. The van der Waals surface area contributed by atoms with Gasteiger partial charge in [-0.3, -0.25) is 9.59 Å². The molecule has 1 aliphatic rings. The molecule has 30 heavy (non-hydrogen) atoms. The SMILES string of the molecule is Cc1ccc(C2=C(SCc3ccco3)C(=O)N(c3ccc(F)cc3F)C2=O)cc1C. The normalized spacial score (nSPS) is 14.2. The van der Waals surface area contributed by atoms with Gasteiger partial charge in [0.25, 0.3) is 11.8 Å². The predicted molar refractivity (Wildman–Crippen MR) is 112 cm³/mol. The molecule has 7 heteroatoms. The second-order valence-corrected chi connectivity index (χ2v) is 7.90. The van der Waals surface area contributed by atoms with Gasteiger partial charge < -0.3 is 4.42 Å². The zero-order valence-corrected chi connectivity index (χ0v) is 17.1. The number of halogens is 2. The standard InChI is InChI=1S/C23H17F2NO3S/c1-13-5-6-15(10-14(13)2)20-21(30-12-17-4-3-9-29-17)23(28)26(22(20)27)19-8-7-16(24)11-18(19)25/h3-11H,12H2,1-2H3. The summed E-state index contributed by atoms with van der Waals surface area (Å²) in [4.78, 5) is 27.4. The molecular weight excluding hydrogens is 408 g/mol. The Kier molecular flexibility index (Phi) is 5.30. The molecular formula is C23H17F2NO3S. The van der Waals surface area contributed by atoms with E-state index in [-0.39, 0.29) is 16.2 Å². The van der Waals surface area contributed by atoms with Crippen LogP contribution >= 0.6 is 11.8 Å². The zero-order chi connectivity index (χ0) is 21.4. The Morgan fingerprint density at radius 2 is 1.77 bits per heavy atom. The Bertz CT molecular complexity index is 1190. The lowest BCUT2D eigenvalue weighted by Crippen LogP contribution is -2.32. The van der Waals surface area contributed by atoms with Crippen LogP contribution in [-0.2, 0) is 15.3 Å². The summed E-state index contributed by atoms with van der Waals surface area (Å²) in [5.74, 6) is -2.08. The molecule has 3 aromatic rings. The number of nitrogens with zero attached hydrogens (tertiary/aromatic N) is 1. The van der Waals surface area contributed by atoms with Gasteiger partial charge in [0.05, 0.1) is 28.2 Å². The van der Waals surface area contributed by atoms with Gasteiger partial charge in [0.1, 0.15) is 17.4 Å². The summed E-state index contributed by atoms with van der Waals surface area (Å²) >= 11 is 1.15. The van der Waals surface area contributed by atoms with Crippen LogP contribution < -0.4 is 4.90 Å². The molecule has 0 saturated carbocycles. The highest BCUT2D eigenvalue weighted by Crippen LogP contribution is 2.40. The summed E-state index contributed by atoms with van der Waals surface area (Å²) < 4.78 is 33.1. The van der Waals surface area contributed by atoms with Gasteiger partial charge in [0.2, 0.25) is 0 Å². The van der Waals surface area contributed by atoms with E-state index in [2.05, 4.69) is 0 Å². The monoisotopic (exact) mass is 425 g/mol. The topological polar surface area (TPSA) is 50.5 Å². The summed E-state index contributed by atoms with van der Waals surface area (Å²) in [6, 6.07) is 11.7. The summed E-state index contributed by atoms with van der Waals surface area (Å²) in [7, 11) is 0. The molecule has 1 aromatic heterocycles. The second-order valence-electron chi connectivity index (χ2n) is 6.91. The highest BCUT2D eigenvalue weighted by Gasteiger charge is 2.41. The van der Waals surface area contributed by atoms with Crippen molar-refractivity contribution in [3.8, 4) is 0 Å². The first-order valence-corrected chi connectivity index (χ1v) is 10.2. The van der Waals surface area contributed by atoms with E-state index in [0.717, 1.165) is 39.9 Å². The van der Waals surface area contributed by atoms with Crippen LogP contribution in [0.4, 0.5) is 14.5 Å². The van der Waals surface area contributed by atoms with Crippen molar-refractivity contribution in [2.75, 3.05) is 4.90 Å². The molecule has 0 atom stereocenters. The van der Waals surface area contributed by atoms with Gasteiger partial charge in [-0.1, -0.05) is 18.2 Å². The Morgan fingerprint density at radius 1 is 0.967 bits per heavy atom. The van der Waals surface area contributed by atoms with Crippen LogP contribution in [0.3, 0.4) is 0 Å². The molecule has 0 N–H and O–H groups in total. The summed E-state index contributed by atoms with van der Waals surface area (Å²) in [5.41, 5.74) is 2.50. The summed E-state index contributed by atoms with van der Waals surface area (Å²) in [6.45, 7) is 3.86. The Labute approximate surface area is 176 Å². The third kappa shape index (κ3) is 3.57. The van der Waals surface area contributed by atoms with Crippen molar-refractivity contribution in [2.45, 2.75) is 19.6 Å². The summed E-state index contributed by atoms with van der Waals surface area (Å²) in [6.07, 6.45) is 1.52. The minimum atomic E-state index is -0.978. The number of carbonyl (C=O) groups is 2. The van der Waals surface area contributed by atoms with Gasteiger partial charge in [-0.2, -0.15) is 0 Å². The van der Waals surface area contributed by atoms with Gasteiger partial charge in [-0.05, 0) is 54.8 Å². The largest absolute Gasteiger partial charge is 0.468 e. The number of aryl methyl sites for hydroxylation is 2. The van der Waals surface area contributed by atoms with Gasteiger partial charge >= 0.3 is 0 Å². The van der Waals surface area contributed by atoms with Crippen LogP contribution in [-0.4, -0.2) is 11.8 Å². The van der Waals surface area contributed by atoms with E-state index in [1.165, 1.54) is 6.26 Å². The molecule has 4 rings (SSSR count). The lowest BCUT2D eigenvalue weighted by Gasteiger charge is -2.16. The van der Waals surface area contributed by atoms with E-state index in [9.17, 15) is 18.4 Å². The molecule has 4 nitrogen and oxygen atoms in total. The lowest BCUT2D eigenvalue weighted by molar-refractivity contribution is -0.119. The maximum atomic E-state index is 14.4. The molecule has 0 radical (unpaired) electrons. The van der Waals surface area contributed by atoms with Crippen LogP contribution in [0.2, 0.25) is 0 Å². The maximum absolute atomic E-state index is 14.4. The number of hydrogen-bond donors (Lipinski definition) is 0. The minimum Gasteiger partial charge on any atom is -0.468 e. The average Bonchev–Trinajstić information content (AvgIpc) is 3.30. The van der Waals surface area contributed by atoms with Crippen LogP contribution in [0.25, 0.3) is 5.57 Å². The average molecular weight is 425 g/mol. The molecule has 0 spiro atoms. The molecule has 2 heterocycles. The molecule has 2 amide bonds. The molecule has 0 aliphatic carbocycles. The van der Waals surface area contributed by atoms with Gasteiger partial charge in [0, 0.05) is 6.07 Å². The molecule has 0 bridgehead atoms. The number of anilines is 1. The minimum absolute atomic E-state index is 0.198. The number of furan rings is 1. The number of hydrogen-bond acceptors (Lipinski definition) is 4. The molecule has 1 aliphatic heterocycles. The van der Waals surface area contributed by atoms with Crippen LogP contribution in [0.15, 0.2) is 64.1 Å². The van der Waals surface area contributed by atoms with Crippen LogP contribution in [0, 0.1) is 25.5 Å². The lowest BCUT2D eigenvalue weighted by atomic mass is 10.0. The van der Waals surface area contributed by atoms with Crippen LogP contribution in [0.1, 0.15) is 22.5 Å². The van der Waals surface area contributed by atoms with Crippen molar-refractivity contribution in [3.05, 3.63) is 93.8 Å². The van der Waals surface area contributed by atoms with Gasteiger partial charge in [-0.15, -0.1) is 11.8 Å².